The number of rotatable bonds is 26. The summed E-state index contributed by atoms with van der Waals surface area (Å²) >= 11 is 0. The highest BCUT2D eigenvalue weighted by Gasteiger charge is 2.51. The van der Waals surface area contributed by atoms with Crippen LogP contribution in [0.4, 0.5) is 0 Å². The number of phenols is 2. The molecule has 1 aromatic heterocycles. The molecule has 5 aromatic carbocycles. The molecule has 2 aliphatic heterocycles. The van der Waals surface area contributed by atoms with Crippen LogP contribution in [0.15, 0.2) is 90.6 Å². The molecule has 0 saturated carbocycles. The number of hydrogen-bond acceptors (Lipinski definition) is 14. The Hall–Kier alpha value is -5.98. The van der Waals surface area contributed by atoms with Crippen molar-refractivity contribution in [3.8, 4) is 39.9 Å². The number of aliphatic hydroxyl groups is 4. The van der Waals surface area contributed by atoms with Crippen LogP contribution >= 0.6 is 0 Å². The third-order valence-corrected chi connectivity index (χ3v) is 16.5. The molecule has 15 heteroatoms. The zero-order chi connectivity index (χ0) is 55.3. The Balaban J connectivity index is 1.13. The average Bonchev–Trinajstić information content (AvgIpc) is 4.01. The van der Waals surface area contributed by atoms with Gasteiger partial charge in [-0.15, -0.1) is 0 Å². The molecule has 0 unspecified atom stereocenters. The van der Waals surface area contributed by atoms with E-state index < -0.39 is 23.4 Å². The van der Waals surface area contributed by atoms with Gasteiger partial charge in [-0.3, -0.25) is 5.32 Å². The summed E-state index contributed by atoms with van der Waals surface area (Å²) in [7, 11) is 1.84. The van der Waals surface area contributed by atoms with E-state index >= 15 is 0 Å². The largest absolute Gasteiger partial charge is 0.507 e. The minimum absolute atomic E-state index is 0.0492. The fraction of sp³-hybridized carbons (Fsp3) is 0.469. The molecule has 15 nitrogen and oxygen atoms in total. The van der Waals surface area contributed by atoms with Crippen molar-refractivity contribution in [2.24, 2.45) is 5.92 Å². The summed E-state index contributed by atoms with van der Waals surface area (Å²) in [6, 6.07) is 26.9. The number of H-pyrrole nitrogens is 1. The van der Waals surface area contributed by atoms with Crippen LogP contribution in [0.2, 0.25) is 0 Å². The van der Waals surface area contributed by atoms with Crippen LogP contribution in [0.1, 0.15) is 114 Å². The van der Waals surface area contributed by atoms with E-state index in [-0.39, 0.29) is 68.8 Å². The van der Waals surface area contributed by atoms with Gasteiger partial charge in [-0.2, -0.15) is 0 Å². The van der Waals surface area contributed by atoms with E-state index in [4.69, 9.17) is 18.9 Å². The van der Waals surface area contributed by atoms with Crippen molar-refractivity contribution in [3.63, 3.8) is 0 Å². The first-order chi connectivity index (χ1) is 38.3. The second-order valence-corrected chi connectivity index (χ2v) is 22.9. The maximum Gasteiger partial charge on any atom is 0.161 e. The first-order valence-corrected chi connectivity index (χ1v) is 28.5. The monoisotopic (exact) mass is 1080 g/mol. The number of aryl methyl sites for hydroxylation is 2. The highest BCUT2D eigenvalue weighted by Crippen LogP contribution is 2.61. The predicted molar refractivity (Wildman–Crippen MR) is 308 cm³/mol. The van der Waals surface area contributed by atoms with E-state index in [0.29, 0.717) is 93.2 Å². The Bertz CT molecular complexity index is 3070. The number of fused-ring (bicyclic) bond motifs is 8. The number of phenolic OH excluding ortho intramolecular Hbond substituents is 2. The lowest BCUT2D eigenvalue weighted by Crippen LogP contribution is -2.56. The normalized spacial score (nSPS) is 20.8. The molecule has 2 aliphatic carbocycles. The summed E-state index contributed by atoms with van der Waals surface area (Å²) in [6.45, 7) is 8.10. The van der Waals surface area contributed by atoms with Crippen LogP contribution in [0.5, 0.6) is 28.7 Å². The van der Waals surface area contributed by atoms with Gasteiger partial charge >= 0.3 is 0 Å². The molecule has 0 bridgehead atoms. The number of aromatic nitrogens is 1. The Morgan fingerprint density at radius 1 is 0.873 bits per heavy atom. The van der Waals surface area contributed by atoms with Crippen molar-refractivity contribution >= 4 is 17.0 Å². The van der Waals surface area contributed by atoms with Gasteiger partial charge in [-0.1, -0.05) is 56.3 Å². The second kappa shape index (κ2) is 24.8. The van der Waals surface area contributed by atoms with Gasteiger partial charge in [0.2, 0.25) is 0 Å². The second-order valence-electron chi connectivity index (χ2n) is 22.9. The standard InChI is InChI=1S/C64H81N5O10/c1-39(2)31-63(3,75)35-67-37-68-36-64(77-38-65-4)32-52-49-30-51-56(42-14-18-53-41(26-42)20-22-69-53)45(33-66-21-8-12-40-10-6-5-7-11-40)28-50-54(73)19-17-47(57(50)51)58(49)61-48(16-15-46(34-72)78-61)60(52)79-62(64)44-27-43(13-9-23-70)59(74)55(29-44)76-25-24-71/h5-7,10-11,14,17-20,22,26-29,39,46,51,56,62,65-75H,8-9,12-13,15-16,21,23-25,30-38H2,1-4H3/t46-,51+,56-,62-,63+,64+/m1/s1. The molecule has 6 atom stereocenters. The average molecular weight is 1080 g/mol. The molecule has 0 amide bonds. The van der Waals surface area contributed by atoms with Crippen molar-refractivity contribution in [1.82, 2.24) is 26.3 Å². The Morgan fingerprint density at radius 3 is 2.51 bits per heavy atom. The van der Waals surface area contributed by atoms with Crippen LogP contribution in [0.25, 0.3) is 28.1 Å². The minimum atomic E-state index is -1.14. The smallest absolute Gasteiger partial charge is 0.161 e. The molecule has 0 saturated heterocycles. The fourth-order valence-corrected chi connectivity index (χ4v) is 13.2. The van der Waals surface area contributed by atoms with Gasteiger partial charge in [-0.05, 0) is 176 Å². The fourth-order valence-electron chi connectivity index (χ4n) is 13.2. The van der Waals surface area contributed by atoms with E-state index in [2.05, 4.69) is 94.7 Å². The third-order valence-electron chi connectivity index (χ3n) is 16.5. The molecule has 6 aromatic rings. The molecule has 11 N–H and O–H groups in total. The van der Waals surface area contributed by atoms with Crippen molar-refractivity contribution in [1.29, 1.82) is 0 Å². The van der Waals surface area contributed by atoms with Crippen LogP contribution in [-0.4, -0.2) is 126 Å². The molecule has 0 fully saturated rings. The van der Waals surface area contributed by atoms with Crippen molar-refractivity contribution < 1.29 is 49.6 Å². The molecule has 3 heterocycles. The Labute approximate surface area is 464 Å². The van der Waals surface area contributed by atoms with Gasteiger partial charge in [0, 0.05) is 79.2 Å². The summed E-state index contributed by atoms with van der Waals surface area (Å²) in [5.74, 6) is 1.81. The molecule has 0 spiro atoms. The van der Waals surface area contributed by atoms with Gasteiger partial charge in [0.15, 0.2) is 17.6 Å². The van der Waals surface area contributed by atoms with Crippen LogP contribution < -0.4 is 35.5 Å². The first-order valence-electron chi connectivity index (χ1n) is 28.5. The van der Waals surface area contributed by atoms with Crippen LogP contribution in [0, 0.1) is 5.92 Å². The molecular weight excluding hydrogens is 999 g/mol. The van der Waals surface area contributed by atoms with Gasteiger partial charge in [0.25, 0.3) is 0 Å². The van der Waals surface area contributed by atoms with Gasteiger partial charge in [0.05, 0.1) is 25.5 Å². The Morgan fingerprint density at radius 2 is 1.72 bits per heavy atom. The van der Waals surface area contributed by atoms with Crippen LogP contribution in [-0.2, 0) is 36.8 Å². The number of nitrogens with one attached hydrogen (secondary N) is 5. The molecule has 4 aliphatic rings. The summed E-state index contributed by atoms with van der Waals surface area (Å²) in [5, 5.41) is 80.9. The van der Waals surface area contributed by atoms with Crippen molar-refractivity contribution in [2.75, 3.05) is 73.1 Å². The maximum absolute atomic E-state index is 12.0. The summed E-state index contributed by atoms with van der Waals surface area (Å²) in [4.78, 5) is 3.39. The van der Waals surface area contributed by atoms with Gasteiger partial charge in [-0.25, -0.2) is 0 Å². The summed E-state index contributed by atoms with van der Waals surface area (Å²) < 4.78 is 27.9. The third kappa shape index (κ3) is 11.9. The highest BCUT2D eigenvalue weighted by atomic mass is 16.6. The lowest BCUT2D eigenvalue weighted by molar-refractivity contribution is -0.129. The van der Waals surface area contributed by atoms with Crippen molar-refractivity contribution in [3.05, 3.63) is 141 Å². The minimum Gasteiger partial charge on any atom is -0.507 e. The first kappa shape index (κ1) is 56.3. The number of aromatic amines is 1. The number of hydrogen-bond donors (Lipinski definition) is 11. The Kier molecular flexibility index (Phi) is 17.7. The number of aliphatic hydroxyl groups excluding tert-OH is 3. The highest BCUT2D eigenvalue weighted by molar-refractivity contribution is 5.90. The number of benzene rings is 5. The summed E-state index contributed by atoms with van der Waals surface area (Å²) in [6.07, 6.45) is 8.33. The number of aromatic hydroxyl groups is 2. The zero-order valence-electron chi connectivity index (χ0n) is 46.3. The van der Waals surface area contributed by atoms with Gasteiger partial charge in [0.1, 0.15) is 35.6 Å². The number of ether oxygens (including phenoxy) is 4. The molecule has 10 rings (SSSR count). The maximum atomic E-state index is 12.0. The van der Waals surface area contributed by atoms with E-state index in [1.165, 1.54) is 16.7 Å². The van der Waals surface area contributed by atoms with Gasteiger partial charge < -0.3 is 70.5 Å². The van der Waals surface area contributed by atoms with E-state index in [0.717, 1.165) is 69.2 Å². The lowest BCUT2D eigenvalue weighted by atomic mass is 9.62. The van der Waals surface area contributed by atoms with Crippen molar-refractivity contribution in [2.45, 2.75) is 114 Å². The molecular formula is C64H81N5O10. The molecule has 0 radical (unpaired) electrons. The van der Waals surface area contributed by atoms with E-state index in [9.17, 15) is 30.6 Å². The quantitative estimate of drug-likeness (QED) is 0.0184. The predicted octanol–water partition coefficient (Wildman–Crippen LogP) is 7.81. The SMILES string of the molecule is CNCO[C@]1(CNCNC[C@@](C)(O)CC(C)C)Cc2c3c(c4c(c2O[C@@H]1c1cc(CCCO)c(O)c(OCCO)c1)CC[C@H](CO)O4)-c1ccc(O)c2c1[C@@H](C3)[C@H](c1ccc3[nH]ccc3c1)C(CNCCCc1ccccc1)=C2. The molecule has 422 valence electrons. The van der Waals surface area contributed by atoms with Crippen LogP contribution in [0.3, 0.4) is 0 Å². The van der Waals surface area contributed by atoms with E-state index in [1.54, 1.807) is 6.07 Å². The zero-order valence-corrected chi connectivity index (χ0v) is 46.3. The summed E-state index contributed by atoms with van der Waals surface area (Å²) in [5.41, 5.74) is 10.7. The lowest BCUT2D eigenvalue weighted by Gasteiger charge is -2.48. The molecule has 79 heavy (non-hydrogen) atoms. The van der Waals surface area contributed by atoms with E-state index in [1.807, 2.05) is 44.4 Å². The topological polar surface area (TPSA) is 222 Å².